The van der Waals surface area contributed by atoms with E-state index in [2.05, 4.69) is 10.6 Å². The fourth-order valence-corrected chi connectivity index (χ4v) is 1.48. The standard InChI is InChI=1S/C13H19FN2O2.ClH/c1-18-8-7-15-10-13(17)16-6-5-11-3-2-4-12(14)9-11;/h2-4,9,15H,5-8,10H2,1H3,(H,16,17);1H. The molecule has 0 spiro atoms. The average molecular weight is 291 g/mol. The van der Waals surface area contributed by atoms with E-state index in [-0.39, 0.29) is 30.7 Å². The summed E-state index contributed by atoms with van der Waals surface area (Å²) in [6.07, 6.45) is 0.627. The summed E-state index contributed by atoms with van der Waals surface area (Å²) in [6.45, 7) is 2.01. The zero-order chi connectivity index (χ0) is 13.2. The van der Waals surface area contributed by atoms with Gasteiger partial charge in [-0.15, -0.1) is 12.4 Å². The second-order valence-electron chi connectivity index (χ2n) is 3.90. The Hall–Kier alpha value is -1.17. The molecule has 108 valence electrons. The highest BCUT2D eigenvalue weighted by molar-refractivity contribution is 5.85. The highest BCUT2D eigenvalue weighted by Crippen LogP contribution is 2.03. The molecule has 0 bridgehead atoms. The van der Waals surface area contributed by atoms with Crippen molar-refractivity contribution in [3.05, 3.63) is 35.6 Å². The summed E-state index contributed by atoms with van der Waals surface area (Å²) in [5.41, 5.74) is 0.877. The zero-order valence-electron chi connectivity index (χ0n) is 10.9. The van der Waals surface area contributed by atoms with Crippen LogP contribution >= 0.6 is 12.4 Å². The molecule has 2 N–H and O–H groups in total. The topological polar surface area (TPSA) is 50.4 Å². The number of nitrogens with one attached hydrogen (secondary N) is 2. The van der Waals surface area contributed by atoms with Gasteiger partial charge in [-0.1, -0.05) is 12.1 Å². The molecule has 0 unspecified atom stereocenters. The number of hydrogen-bond acceptors (Lipinski definition) is 3. The Labute approximate surface area is 119 Å². The fraction of sp³-hybridized carbons (Fsp3) is 0.462. The predicted molar refractivity (Wildman–Crippen MR) is 75.1 cm³/mol. The van der Waals surface area contributed by atoms with Crippen LogP contribution in [-0.4, -0.2) is 39.3 Å². The lowest BCUT2D eigenvalue weighted by molar-refractivity contribution is -0.120. The number of carbonyl (C=O) groups is 1. The minimum atomic E-state index is -0.250. The van der Waals surface area contributed by atoms with Crippen molar-refractivity contribution in [1.82, 2.24) is 10.6 Å². The molecule has 19 heavy (non-hydrogen) atoms. The zero-order valence-corrected chi connectivity index (χ0v) is 11.8. The minimum Gasteiger partial charge on any atom is -0.383 e. The molecule has 0 aliphatic rings. The Morgan fingerprint density at radius 1 is 1.37 bits per heavy atom. The number of carbonyl (C=O) groups excluding carboxylic acids is 1. The van der Waals surface area contributed by atoms with Crippen molar-refractivity contribution < 1.29 is 13.9 Å². The van der Waals surface area contributed by atoms with E-state index in [1.54, 1.807) is 13.2 Å². The van der Waals surface area contributed by atoms with Gasteiger partial charge in [0.25, 0.3) is 0 Å². The van der Waals surface area contributed by atoms with Gasteiger partial charge in [0, 0.05) is 20.2 Å². The van der Waals surface area contributed by atoms with Crippen LogP contribution in [0.15, 0.2) is 24.3 Å². The molecule has 4 nitrogen and oxygen atoms in total. The molecule has 0 aliphatic heterocycles. The van der Waals surface area contributed by atoms with Gasteiger partial charge in [-0.05, 0) is 24.1 Å². The summed E-state index contributed by atoms with van der Waals surface area (Å²) >= 11 is 0. The third-order valence-electron chi connectivity index (χ3n) is 2.39. The van der Waals surface area contributed by atoms with Crippen LogP contribution in [0.2, 0.25) is 0 Å². The quantitative estimate of drug-likeness (QED) is 0.706. The molecule has 6 heteroatoms. The van der Waals surface area contributed by atoms with Crippen molar-refractivity contribution in [2.45, 2.75) is 6.42 Å². The molecule has 1 aromatic carbocycles. The van der Waals surface area contributed by atoms with Crippen LogP contribution in [0.3, 0.4) is 0 Å². The number of hydrogen-bond donors (Lipinski definition) is 2. The smallest absolute Gasteiger partial charge is 0.233 e. The largest absolute Gasteiger partial charge is 0.383 e. The number of benzene rings is 1. The summed E-state index contributed by atoms with van der Waals surface area (Å²) in [7, 11) is 1.61. The first-order chi connectivity index (χ1) is 8.72. The Morgan fingerprint density at radius 3 is 2.84 bits per heavy atom. The summed E-state index contributed by atoms with van der Waals surface area (Å²) in [6, 6.07) is 6.38. The molecule has 0 heterocycles. The lowest BCUT2D eigenvalue weighted by Gasteiger charge is -2.06. The number of amides is 1. The van der Waals surface area contributed by atoms with E-state index >= 15 is 0 Å². The van der Waals surface area contributed by atoms with Crippen molar-refractivity contribution in [3.8, 4) is 0 Å². The van der Waals surface area contributed by atoms with E-state index in [0.29, 0.717) is 26.1 Å². The SMILES string of the molecule is COCCNCC(=O)NCCc1cccc(F)c1.Cl. The molecular weight excluding hydrogens is 271 g/mol. The van der Waals surface area contributed by atoms with Gasteiger partial charge < -0.3 is 15.4 Å². The lowest BCUT2D eigenvalue weighted by atomic mass is 10.1. The maximum Gasteiger partial charge on any atom is 0.233 e. The highest BCUT2D eigenvalue weighted by Gasteiger charge is 2.00. The summed E-state index contributed by atoms with van der Waals surface area (Å²) in [5, 5.41) is 5.71. The third kappa shape index (κ3) is 8.53. The predicted octanol–water partition coefficient (Wildman–Crippen LogP) is 1.14. The Kier molecular flexibility index (Phi) is 10.1. The van der Waals surface area contributed by atoms with Crippen LogP contribution in [0, 0.1) is 5.82 Å². The molecule has 0 radical (unpaired) electrons. The summed E-state index contributed by atoms with van der Waals surface area (Å²) in [5.74, 6) is -0.317. The van der Waals surface area contributed by atoms with Crippen molar-refractivity contribution in [2.75, 3.05) is 33.4 Å². The molecule has 0 saturated heterocycles. The van der Waals surface area contributed by atoms with Crippen LogP contribution in [0.1, 0.15) is 5.56 Å². The van der Waals surface area contributed by atoms with Gasteiger partial charge in [-0.25, -0.2) is 4.39 Å². The molecule has 0 fully saturated rings. The van der Waals surface area contributed by atoms with Gasteiger partial charge in [0.1, 0.15) is 5.82 Å². The molecule has 0 aromatic heterocycles. The molecule has 0 saturated carbocycles. The molecule has 1 rings (SSSR count). The Balaban J connectivity index is 0.00000324. The molecule has 1 amide bonds. The van der Waals surface area contributed by atoms with E-state index in [4.69, 9.17) is 4.74 Å². The number of rotatable bonds is 8. The fourth-order valence-electron chi connectivity index (χ4n) is 1.48. The lowest BCUT2D eigenvalue weighted by Crippen LogP contribution is -2.36. The van der Waals surface area contributed by atoms with Crippen molar-refractivity contribution in [1.29, 1.82) is 0 Å². The van der Waals surface area contributed by atoms with E-state index < -0.39 is 0 Å². The van der Waals surface area contributed by atoms with Crippen molar-refractivity contribution in [3.63, 3.8) is 0 Å². The van der Waals surface area contributed by atoms with Crippen LogP contribution in [-0.2, 0) is 16.0 Å². The Bertz CT molecular complexity index is 377. The number of halogens is 2. The number of methoxy groups -OCH3 is 1. The molecule has 0 atom stereocenters. The van der Waals surface area contributed by atoms with Gasteiger partial charge in [0.05, 0.1) is 13.2 Å². The average Bonchev–Trinajstić information content (AvgIpc) is 2.35. The van der Waals surface area contributed by atoms with Crippen molar-refractivity contribution in [2.24, 2.45) is 0 Å². The monoisotopic (exact) mass is 290 g/mol. The van der Waals surface area contributed by atoms with E-state index in [9.17, 15) is 9.18 Å². The van der Waals surface area contributed by atoms with Gasteiger partial charge in [0.15, 0.2) is 0 Å². The highest BCUT2D eigenvalue weighted by atomic mass is 35.5. The van der Waals surface area contributed by atoms with Crippen LogP contribution in [0.5, 0.6) is 0 Å². The van der Waals surface area contributed by atoms with E-state index in [0.717, 1.165) is 5.56 Å². The van der Waals surface area contributed by atoms with Crippen LogP contribution in [0.4, 0.5) is 4.39 Å². The molecular formula is C13H20ClFN2O2. The maximum absolute atomic E-state index is 12.9. The summed E-state index contributed by atoms with van der Waals surface area (Å²) in [4.78, 5) is 11.4. The van der Waals surface area contributed by atoms with Gasteiger partial charge in [-0.2, -0.15) is 0 Å². The van der Waals surface area contributed by atoms with Gasteiger partial charge in [-0.3, -0.25) is 4.79 Å². The molecule has 1 aromatic rings. The maximum atomic E-state index is 12.9. The summed E-state index contributed by atoms with van der Waals surface area (Å²) < 4.78 is 17.7. The second kappa shape index (κ2) is 10.7. The van der Waals surface area contributed by atoms with Crippen molar-refractivity contribution >= 4 is 18.3 Å². The first-order valence-electron chi connectivity index (χ1n) is 5.93. The van der Waals surface area contributed by atoms with Crippen LogP contribution < -0.4 is 10.6 Å². The first-order valence-corrected chi connectivity index (χ1v) is 5.93. The second-order valence-corrected chi connectivity index (χ2v) is 3.90. The normalized spacial score (nSPS) is 9.79. The van der Waals surface area contributed by atoms with E-state index in [1.807, 2.05) is 6.07 Å². The third-order valence-corrected chi connectivity index (χ3v) is 2.39. The Morgan fingerprint density at radius 2 is 2.16 bits per heavy atom. The van der Waals surface area contributed by atoms with Gasteiger partial charge in [0.2, 0.25) is 5.91 Å². The van der Waals surface area contributed by atoms with Crippen LogP contribution in [0.25, 0.3) is 0 Å². The van der Waals surface area contributed by atoms with Gasteiger partial charge >= 0.3 is 0 Å². The minimum absolute atomic E-state index is 0. The van der Waals surface area contributed by atoms with E-state index in [1.165, 1.54) is 12.1 Å². The first kappa shape index (κ1) is 17.8. The number of ether oxygens (including phenoxy) is 1. The molecule has 0 aliphatic carbocycles.